The molecule has 80 valence electrons. The molecule has 0 amide bonds. The zero-order valence-corrected chi connectivity index (χ0v) is 9.84. The first kappa shape index (κ1) is 11.6. The number of piperazine rings is 1. The van der Waals surface area contributed by atoms with Crippen LogP contribution in [-0.2, 0) is 4.74 Å². The van der Waals surface area contributed by atoms with Crippen LogP contribution in [0.4, 0.5) is 0 Å². The van der Waals surface area contributed by atoms with E-state index in [1.54, 1.807) is 0 Å². The normalized spacial score (nSPS) is 19.5. The van der Waals surface area contributed by atoms with Crippen molar-refractivity contribution in [1.82, 2.24) is 9.80 Å². The maximum atomic E-state index is 5.73. The molecule has 0 spiro atoms. The molecule has 1 saturated heterocycles. The number of rotatable bonds is 2. The first-order valence-corrected chi connectivity index (χ1v) is 5.20. The van der Waals surface area contributed by atoms with Crippen LogP contribution in [0, 0.1) is 0 Å². The van der Waals surface area contributed by atoms with E-state index >= 15 is 0 Å². The van der Waals surface area contributed by atoms with Crippen LogP contribution >= 0.6 is 0 Å². The van der Waals surface area contributed by atoms with Gasteiger partial charge in [-0.05, 0) is 0 Å². The van der Waals surface area contributed by atoms with Crippen molar-refractivity contribution in [2.75, 3.05) is 33.2 Å². The molecule has 1 fully saturated rings. The fraction of sp³-hybridized carbons (Fsp3) is 0.900. The number of hydrogen-bond donors (Lipinski definition) is 0. The molecule has 0 aliphatic carbocycles. The van der Waals surface area contributed by atoms with E-state index in [9.17, 15) is 0 Å². The summed E-state index contributed by atoms with van der Waals surface area (Å²) in [6, 6.07) is 0. The van der Waals surface area contributed by atoms with Crippen molar-refractivity contribution in [3.05, 3.63) is 0 Å². The van der Waals surface area contributed by atoms with Crippen LogP contribution < -0.4 is 0 Å². The molecule has 0 saturated carbocycles. The van der Waals surface area contributed by atoms with E-state index < -0.39 is 0 Å². The third kappa shape index (κ3) is 3.70. The second-order valence-corrected chi connectivity index (χ2v) is 4.90. The van der Waals surface area contributed by atoms with Crippen LogP contribution in [-0.4, -0.2) is 61.9 Å². The van der Waals surface area contributed by atoms with E-state index in [4.69, 9.17) is 4.74 Å². The van der Waals surface area contributed by atoms with Crippen molar-refractivity contribution >= 4 is 13.3 Å². The van der Waals surface area contributed by atoms with Crippen molar-refractivity contribution in [3.63, 3.8) is 0 Å². The minimum absolute atomic E-state index is 0.138. The number of nitrogens with zero attached hydrogens (tertiary/aromatic N) is 2. The Balaban J connectivity index is 2.38. The summed E-state index contributed by atoms with van der Waals surface area (Å²) in [5, 5.41) is 0. The molecule has 1 heterocycles. The van der Waals surface area contributed by atoms with Gasteiger partial charge in [-0.2, -0.15) is 0 Å². The Labute approximate surface area is 88.1 Å². The molecular formula is C10H21BN2O. The van der Waals surface area contributed by atoms with Gasteiger partial charge in [0.05, 0.1) is 0 Å². The van der Waals surface area contributed by atoms with Gasteiger partial charge in [0.15, 0.2) is 0 Å². The van der Waals surface area contributed by atoms with Crippen LogP contribution in [0.15, 0.2) is 0 Å². The molecule has 0 aromatic heterocycles. The van der Waals surface area contributed by atoms with Crippen LogP contribution in [0.3, 0.4) is 0 Å². The van der Waals surface area contributed by atoms with Crippen molar-refractivity contribution in [2.24, 2.45) is 0 Å². The standard InChI is InChI=1S/C10H21BN2O/c1-10(2,3)14-9(11)13-7-5-12(4)6-8-13/h11H,5-8H2,1-4H3. The van der Waals surface area contributed by atoms with Gasteiger partial charge in [0.2, 0.25) is 0 Å². The fourth-order valence-corrected chi connectivity index (χ4v) is 1.47. The summed E-state index contributed by atoms with van der Waals surface area (Å²) in [4.78, 5) is 4.53. The zero-order chi connectivity index (χ0) is 10.8. The Bertz CT molecular complexity index is 205. The number of ether oxygens (including phenoxy) is 1. The Kier molecular flexibility index (Phi) is 3.59. The van der Waals surface area contributed by atoms with E-state index in [-0.39, 0.29) is 5.60 Å². The molecular weight excluding hydrogens is 175 g/mol. The second kappa shape index (κ2) is 4.34. The van der Waals surface area contributed by atoms with E-state index in [1.807, 2.05) is 20.8 Å². The van der Waals surface area contributed by atoms with Gasteiger partial charge >= 0.3 is 87.4 Å². The van der Waals surface area contributed by atoms with Crippen LogP contribution in [0.5, 0.6) is 0 Å². The second-order valence-electron chi connectivity index (χ2n) is 4.90. The van der Waals surface area contributed by atoms with Gasteiger partial charge in [0.25, 0.3) is 0 Å². The predicted octanol–water partition coefficient (Wildman–Crippen LogP) is 0.0371. The molecule has 0 N–H and O–H groups in total. The molecule has 4 heteroatoms. The van der Waals surface area contributed by atoms with E-state index in [0.717, 1.165) is 32.0 Å². The molecule has 0 bridgehead atoms. The molecule has 0 atom stereocenters. The van der Waals surface area contributed by atoms with Crippen molar-refractivity contribution in [2.45, 2.75) is 26.4 Å². The van der Waals surface area contributed by atoms with E-state index in [2.05, 4.69) is 24.3 Å². The minimum atomic E-state index is -0.138. The molecule has 0 aromatic carbocycles. The van der Waals surface area contributed by atoms with Gasteiger partial charge in [-0.1, -0.05) is 0 Å². The van der Waals surface area contributed by atoms with Crippen LogP contribution in [0.1, 0.15) is 20.8 Å². The molecule has 0 unspecified atom stereocenters. The average molecular weight is 196 g/mol. The summed E-state index contributed by atoms with van der Waals surface area (Å²) in [7, 11) is 6.12. The summed E-state index contributed by atoms with van der Waals surface area (Å²) in [6.07, 6.45) is 0. The molecule has 0 aromatic rings. The Morgan fingerprint density at radius 3 is 2.07 bits per heavy atom. The summed E-state index contributed by atoms with van der Waals surface area (Å²) < 4.78 is 5.73. The van der Waals surface area contributed by atoms with Gasteiger partial charge in [-0.15, -0.1) is 0 Å². The third-order valence-corrected chi connectivity index (χ3v) is 2.28. The summed E-state index contributed by atoms with van der Waals surface area (Å²) >= 11 is 0. The molecule has 3 nitrogen and oxygen atoms in total. The summed E-state index contributed by atoms with van der Waals surface area (Å²) in [5.74, 6) is 0.811. The molecule has 1 aliphatic heterocycles. The van der Waals surface area contributed by atoms with Crippen LogP contribution in [0.2, 0.25) is 0 Å². The van der Waals surface area contributed by atoms with Gasteiger partial charge in [0, 0.05) is 0 Å². The van der Waals surface area contributed by atoms with E-state index in [0.29, 0.717) is 0 Å². The summed E-state index contributed by atoms with van der Waals surface area (Å²) in [6.45, 7) is 10.4. The number of likely N-dealkylation sites (N-methyl/N-ethyl adjacent to an activating group) is 1. The predicted molar refractivity (Wildman–Crippen MR) is 62.1 cm³/mol. The van der Waals surface area contributed by atoms with Gasteiger partial charge in [-0.3, -0.25) is 0 Å². The average Bonchev–Trinajstić information content (AvgIpc) is 2.02. The Morgan fingerprint density at radius 1 is 1.14 bits per heavy atom. The SMILES string of the molecule is B=C(OC(C)(C)C)N1CCN(C)CC1. The first-order valence-electron chi connectivity index (χ1n) is 5.20. The maximum absolute atomic E-state index is 5.73. The molecule has 0 radical (unpaired) electrons. The topological polar surface area (TPSA) is 15.7 Å². The zero-order valence-electron chi connectivity index (χ0n) is 9.84. The number of hydrogen-bond acceptors (Lipinski definition) is 3. The van der Waals surface area contributed by atoms with Crippen LogP contribution in [0.25, 0.3) is 0 Å². The Morgan fingerprint density at radius 2 is 1.64 bits per heavy atom. The Hall–Kier alpha value is -0.505. The monoisotopic (exact) mass is 196 g/mol. The summed E-state index contributed by atoms with van der Waals surface area (Å²) in [5.41, 5.74) is -0.138. The third-order valence-electron chi connectivity index (χ3n) is 2.28. The van der Waals surface area contributed by atoms with Crippen molar-refractivity contribution in [3.8, 4) is 0 Å². The van der Waals surface area contributed by atoms with Gasteiger partial charge in [0.1, 0.15) is 0 Å². The molecule has 1 rings (SSSR count). The van der Waals surface area contributed by atoms with Crippen molar-refractivity contribution in [1.29, 1.82) is 0 Å². The molecule has 1 aliphatic rings. The van der Waals surface area contributed by atoms with Crippen molar-refractivity contribution < 1.29 is 4.74 Å². The van der Waals surface area contributed by atoms with Gasteiger partial charge < -0.3 is 0 Å². The molecule has 14 heavy (non-hydrogen) atoms. The van der Waals surface area contributed by atoms with Gasteiger partial charge in [-0.25, -0.2) is 0 Å². The fourth-order valence-electron chi connectivity index (χ4n) is 1.47. The van der Waals surface area contributed by atoms with E-state index in [1.165, 1.54) is 0 Å². The first-order chi connectivity index (χ1) is 6.38. The quantitative estimate of drug-likeness (QED) is 0.580.